The molecule has 0 amide bonds. The van der Waals surface area contributed by atoms with Crippen LogP contribution in [-0.2, 0) is 16.6 Å². The van der Waals surface area contributed by atoms with Crippen LogP contribution in [0.4, 0.5) is 0 Å². The zero-order valence-corrected chi connectivity index (χ0v) is 13.6. The van der Waals surface area contributed by atoms with Crippen molar-refractivity contribution in [2.75, 3.05) is 12.8 Å². The van der Waals surface area contributed by atoms with Crippen molar-refractivity contribution >= 4 is 21.0 Å². The SMILES string of the molecule is CC(c1cc2ccccc2o1)N(C)S(=O)(=O)CCn1cnnn1. The lowest BCUT2D eigenvalue weighted by Crippen LogP contribution is -2.33. The lowest BCUT2D eigenvalue weighted by molar-refractivity contribution is 0.347. The number of aromatic nitrogens is 4. The van der Waals surface area contributed by atoms with E-state index in [1.807, 2.05) is 30.3 Å². The van der Waals surface area contributed by atoms with Crippen LogP contribution in [0.1, 0.15) is 18.7 Å². The number of rotatable bonds is 6. The number of furan rings is 1. The van der Waals surface area contributed by atoms with Crippen LogP contribution in [0.2, 0.25) is 0 Å². The molecule has 0 saturated heterocycles. The number of nitrogens with zero attached hydrogens (tertiary/aromatic N) is 5. The highest BCUT2D eigenvalue weighted by atomic mass is 32.2. The lowest BCUT2D eigenvalue weighted by atomic mass is 10.2. The molecule has 0 aliphatic heterocycles. The van der Waals surface area contributed by atoms with Crippen molar-refractivity contribution < 1.29 is 12.8 Å². The van der Waals surface area contributed by atoms with E-state index in [4.69, 9.17) is 4.42 Å². The van der Waals surface area contributed by atoms with Crippen molar-refractivity contribution in [2.45, 2.75) is 19.5 Å². The number of aryl methyl sites for hydroxylation is 1. The summed E-state index contributed by atoms with van der Waals surface area (Å²) in [5.41, 5.74) is 0.744. The van der Waals surface area contributed by atoms with E-state index in [0.29, 0.717) is 5.76 Å². The molecule has 0 aliphatic carbocycles. The second-order valence-electron chi connectivity index (χ2n) is 5.27. The molecule has 3 aromatic rings. The molecule has 2 heterocycles. The Labute approximate surface area is 133 Å². The fourth-order valence-electron chi connectivity index (χ4n) is 2.26. The molecule has 1 unspecified atom stereocenters. The smallest absolute Gasteiger partial charge is 0.216 e. The molecular weight excluding hydrogens is 318 g/mol. The fraction of sp³-hybridized carbons (Fsp3) is 0.357. The molecule has 0 saturated carbocycles. The number of hydrogen-bond donors (Lipinski definition) is 0. The molecule has 0 spiro atoms. The Morgan fingerprint density at radius 2 is 2.13 bits per heavy atom. The van der Waals surface area contributed by atoms with Gasteiger partial charge in [0.2, 0.25) is 10.0 Å². The van der Waals surface area contributed by atoms with Crippen LogP contribution in [0.3, 0.4) is 0 Å². The highest BCUT2D eigenvalue weighted by Gasteiger charge is 2.26. The van der Waals surface area contributed by atoms with Gasteiger partial charge in [-0.2, -0.15) is 4.31 Å². The number of hydrogen-bond acceptors (Lipinski definition) is 6. The van der Waals surface area contributed by atoms with Gasteiger partial charge in [0.05, 0.1) is 18.3 Å². The van der Waals surface area contributed by atoms with Crippen molar-refractivity contribution in [2.24, 2.45) is 0 Å². The minimum absolute atomic E-state index is 0.0842. The predicted octanol–water partition coefficient (Wildman–Crippen LogP) is 1.44. The highest BCUT2D eigenvalue weighted by Crippen LogP contribution is 2.28. The van der Waals surface area contributed by atoms with Crippen molar-refractivity contribution in [3.63, 3.8) is 0 Å². The Hall–Kier alpha value is -2.26. The van der Waals surface area contributed by atoms with Gasteiger partial charge in [0.1, 0.15) is 17.7 Å². The third kappa shape index (κ3) is 3.25. The van der Waals surface area contributed by atoms with E-state index in [2.05, 4.69) is 15.5 Å². The summed E-state index contributed by atoms with van der Waals surface area (Å²) in [7, 11) is -1.92. The number of sulfonamides is 1. The molecule has 1 aromatic carbocycles. The van der Waals surface area contributed by atoms with Gasteiger partial charge in [-0.3, -0.25) is 0 Å². The number of tetrazole rings is 1. The maximum absolute atomic E-state index is 12.5. The van der Waals surface area contributed by atoms with Gasteiger partial charge in [0, 0.05) is 12.4 Å². The third-order valence-electron chi connectivity index (χ3n) is 3.81. The van der Waals surface area contributed by atoms with Crippen LogP contribution in [-0.4, -0.2) is 45.7 Å². The first-order chi connectivity index (χ1) is 11.0. The molecule has 0 N–H and O–H groups in total. The molecule has 23 heavy (non-hydrogen) atoms. The molecular formula is C14H17N5O3S. The van der Waals surface area contributed by atoms with Gasteiger partial charge in [0.15, 0.2) is 0 Å². The second kappa shape index (κ2) is 6.09. The van der Waals surface area contributed by atoms with E-state index in [9.17, 15) is 8.42 Å². The standard InChI is InChI=1S/C14H17N5O3S/c1-11(14-9-12-5-3-4-6-13(12)22-14)18(2)23(20,21)8-7-19-10-15-16-17-19/h3-6,9-11H,7-8H2,1-2H3. The Kier molecular flexibility index (Phi) is 4.14. The highest BCUT2D eigenvalue weighted by molar-refractivity contribution is 7.89. The lowest BCUT2D eigenvalue weighted by Gasteiger charge is -2.22. The van der Waals surface area contributed by atoms with Gasteiger partial charge < -0.3 is 4.42 Å². The van der Waals surface area contributed by atoms with Gasteiger partial charge in [-0.1, -0.05) is 18.2 Å². The monoisotopic (exact) mass is 335 g/mol. The molecule has 0 radical (unpaired) electrons. The van der Waals surface area contributed by atoms with Crippen molar-refractivity contribution in [3.05, 3.63) is 42.4 Å². The molecule has 0 fully saturated rings. The van der Waals surface area contributed by atoms with E-state index in [1.54, 1.807) is 14.0 Å². The van der Waals surface area contributed by atoms with Crippen LogP contribution >= 0.6 is 0 Å². The molecule has 3 rings (SSSR count). The van der Waals surface area contributed by atoms with Crippen molar-refractivity contribution in [1.82, 2.24) is 24.5 Å². The van der Waals surface area contributed by atoms with Gasteiger partial charge in [-0.05, 0) is 29.5 Å². The van der Waals surface area contributed by atoms with Gasteiger partial charge >= 0.3 is 0 Å². The normalized spacial score (nSPS) is 13.7. The maximum atomic E-state index is 12.5. The van der Waals surface area contributed by atoms with Gasteiger partial charge in [0.25, 0.3) is 0 Å². The summed E-state index contributed by atoms with van der Waals surface area (Å²) >= 11 is 0. The van der Waals surface area contributed by atoms with Crippen molar-refractivity contribution in [1.29, 1.82) is 0 Å². The molecule has 9 heteroatoms. The Bertz CT molecular complexity index is 855. The van der Waals surface area contributed by atoms with E-state index >= 15 is 0 Å². The van der Waals surface area contributed by atoms with E-state index in [0.717, 1.165) is 11.0 Å². The van der Waals surface area contributed by atoms with Gasteiger partial charge in [-0.15, -0.1) is 5.10 Å². The second-order valence-corrected chi connectivity index (χ2v) is 7.42. The first-order valence-corrected chi connectivity index (χ1v) is 8.73. The van der Waals surface area contributed by atoms with Crippen LogP contribution < -0.4 is 0 Å². The van der Waals surface area contributed by atoms with Crippen LogP contribution in [0.5, 0.6) is 0 Å². The molecule has 0 bridgehead atoms. The number of benzene rings is 1. The zero-order chi connectivity index (χ0) is 16.4. The minimum Gasteiger partial charge on any atom is -0.459 e. The molecule has 0 aliphatic rings. The maximum Gasteiger partial charge on any atom is 0.216 e. The fourth-order valence-corrected chi connectivity index (χ4v) is 3.56. The minimum atomic E-state index is -3.46. The summed E-state index contributed by atoms with van der Waals surface area (Å²) in [5, 5.41) is 11.6. The largest absolute Gasteiger partial charge is 0.459 e. The topological polar surface area (TPSA) is 94.1 Å². The first kappa shape index (κ1) is 15.6. The van der Waals surface area contributed by atoms with Crippen LogP contribution in [0.25, 0.3) is 11.0 Å². The van der Waals surface area contributed by atoms with Crippen LogP contribution in [0.15, 0.2) is 41.1 Å². The van der Waals surface area contributed by atoms with E-state index < -0.39 is 16.1 Å². The summed E-state index contributed by atoms with van der Waals surface area (Å²) in [6.07, 6.45) is 1.39. The number of para-hydroxylation sites is 1. The van der Waals surface area contributed by atoms with Crippen LogP contribution in [0, 0.1) is 0 Å². The zero-order valence-electron chi connectivity index (χ0n) is 12.8. The third-order valence-corrected chi connectivity index (χ3v) is 5.70. The first-order valence-electron chi connectivity index (χ1n) is 7.12. The summed E-state index contributed by atoms with van der Waals surface area (Å²) < 4.78 is 33.4. The summed E-state index contributed by atoms with van der Waals surface area (Å²) in [5.74, 6) is 0.527. The molecule has 2 aromatic heterocycles. The summed E-state index contributed by atoms with van der Waals surface area (Å²) in [6.45, 7) is 2.00. The average Bonchev–Trinajstić information content (AvgIpc) is 3.20. The van der Waals surface area contributed by atoms with E-state index in [1.165, 1.54) is 15.3 Å². The molecule has 122 valence electrons. The Morgan fingerprint density at radius 3 is 2.83 bits per heavy atom. The Balaban J connectivity index is 1.76. The average molecular weight is 335 g/mol. The quantitative estimate of drug-likeness (QED) is 0.676. The summed E-state index contributed by atoms with van der Waals surface area (Å²) in [6, 6.07) is 9.05. The Morgan fingerprint density at radius 1 is 1.35 bits per heavy atom. The number of fused-ring (bicyclic) bond motifs is 1. The van der Waals surface area contributed by atoms with Crippen molar-refractivity contribution in [3.8, 4) is 0 Å². The van der Waals surface area contributed by atoms with Gasteiger partial charge in [-0.25, -0.2) is 13.1 Å². The molecule has 1 atom stereocenters. The molecule has 8 nitrogen and oxygen atoms in total. The van der Waals surface area contributed by atoms with E-state index in [-0.39, 0.29) is 12.3 Å². The predicted molar refractivity (Wildman–Crippen MR) is 84.0 cm³/mol. The summed E-state index contributed by atoms with van der Waals surface area (Å²) in [4.78, 5) is 0.